The van der Waals surface area contributed by atoms with Gasteiger partial charge in [-0.05, 0) is 29.6 Å². The molecule has 16 heavy (non-hydrogen) atoms. The van der Waals surface area contributed by atoms with Crippen molar-refractivity contribution in [3.63, 3.8) is 0 Å². The summed E-state index contributed by atoms with van der Waals surface area (Å²) in [5.41, 5.74) is 1.92. The topological polar surface area (TPSA) is 42.9 Å². The molecule has 0 N–H and O–H groups in total. The smallest absolute Gasteiger partial charge is 0.206 e. The number of aryl methyl sites for hydroxylation is 1. The number of carbonyl (C=O) groups excluding carboxylic acids is 1. The van der Waals surface area contributed by atoms with Crippen molar-refractivity contribution in [1.29, 1.82) is 0 Å². The van der Waals surface area contributed by atoms with Crippen LogP contribution < -0.4 is 0 Å². The second-order valence-corrected chi connectivity index (χ2v) is 4.35. The Balaban J connectivity index is 2.27. The quantitative estimate of drug-likeness (QED) is 0.761. The Hall–Kier alpha value is -1.55. The lowest BCUT2D eigenvalue weighted by Gasteiger charge is -2.01. The van der Waals surface area contributed by atoms with Gasteiger partial charge in [0.25, 0.3) is 0 Å². The fourth-order valence-corrected chi connectivity index (χ4v) is 2.04. The summed E-state index contributed by atoms with van der Waals surface area (Å²) < 4.78 is 3.70. The van der Waals surface area contributed by atoms with Crippen molar-refractivity contribution in [1.82, 2.24) is 9.59 Å². The van der Waals surface area contributed by atoms with Crippen LogP contribution in [0.2, 0.25) is 0 Å². The molecule has 0 atom stereocenters. The van der Waals surface area contributed by atoms with E-state index in [9.17, 15) is 4.79 Å². The van der Waals surface area contributed by atoms with Crippen molar-refractivity contribution in [3.8, 4) is 0 Å². The molecule has 1 aromatic heterocycles. The Labute approximate surface area is 98.3 Å². The molecule has 0 saturated heterocycles. The molecule has 0 aliphatic carbocycles. The third-order valence-corrected chi connectivity index (χ3v) is 2.98. The molecule has 1 aromatic carbocycles. The normalized spacial score (nSPS) is 10.3. The zero-order valence-electron chi connectivity index (χ0n) is 9.01. The molecule has 2 rings (SSSR count). The first-order valence-electron chi connectivity index (χ1n) is 5.22. The van der Waals surface area contributed by atoms with Crippen LogP contribution in [0.15, 0.2) is 30.5 Å². The van der Waals surface area contributed by atoms with Crippen molar-refractivity contribution in [2.45, 2.75) is 19.8 Å². The fourth-order valence-electron chi connectivity index (χ4n) is 1.57. The van der Waals surface area contributed by atoms with Crippen LogP contribution in [0.3, 0.4) is 0 Å². The Morgan fingerprint density at radius 1 is 1.44 bits per heavy atom. The average molecular weight is 232 g/mol. The molecule has 0 radical (unpaired) electrons. The van der Waals surface area contributed by atoms with E-state index in [1.54, 1.807) is 0 Å². The van der Waals surface area contributed by atoms with Crippen molar-refractivity contribution in [2.24, 2.45) is 0 Å². The summed E-state index contributed by atoms with van der Waals surface area (Å²) in [6.07, 6.45) is 3.60. The van der Waals surface area contributed by atoms with Crippen LogP contribution in [-0.4, -0.2) is 15.4 Å². The number of ketones is 1. The van der Waals surface area contributed by atoms with Gasteiger partial charge >= 0.3 is 0 Å². The summed E-state index contributed by atoms with van der Waals surface area (Å²) in [5, 5.41) is 3.68. The highest BCUT2D eigenvalue weighted by Gasteiger charge is 2.11. The zero-order chi connectivity index (χ0) is 11.4. The van der Waals surface area contributed by atoms with Crippen molar-refractivity contribution >= 4 is 17.3 Å². The van der Waals surface area contributed by atoms with Crippen molar-refractivity contribution in [3.05, 3.63) is 46.5 Å². The molecule has 0 spiro atoms. The van der Waals surface area contributed by atoms with Gasteiger partial charge in [-0.25, -0.2) is 0 Å². The highest BCUT2D eigenvalue weighted by atomic mass is 32.1. The molecular formula is C12H12N2OS. The minimum absolute atomic E-state index is 0.00736. The Morgan fingerprint density at radius 2 is 2.31 bits per heavy atom. The lowest BCUT2D eigenvalue weighted by Crippen LogP contribution is -1.99. The van der Waals surface area contributed by atoms with Crippen LogP contribution >= 0.6 is 11.5 Å². The molecule has 82 valence electrons. The van der Waals surface area contributed by atoms with Gasteiger partial charge in [-0.1, -0.05) is 36.0 Å². The van der Waals surface area contributed by atoms with Crippen LogP contribution in [0.1, 0.15) is 34.1 Å². The first-order valence-corrected chi connectivity index (χ1v) is 5.99. The molecule has 0 amide bonds. The second-order valence-electron chi connectivity index (χ2n) is 3.56. The van der Waals surface area contributed by atoms with Crippen LogP contribution in [0.25, 0.3) is 0 Å². The summed E-state index contributed by atoms with van der Waals surface area (Å²) in [6.45, 7) is 2.13. The number of aromatic nitrogens is 2. The van der Waals surface area contributed by atoms with E-state index in [1.807, 2.05) is 24.3 Å². The first-order chi connectivity index (χ1) is 7.81. The summed E-state index contributed by atoms with van der Waals surface area (Å²) >= 11 is 1.13. The van der Waals surface area contributed by atoms with E-state index in [2.05, 4.69) is 16.5 Å². The Kier molecular flexibility index (Phi) is 3.41. The van der Waals surface area contributed by atoms with Crippen LogP contribution in [-0.2, 0) is 6.42 Å². The number of hydrogen-bond acceptors (Lipinski definition) is 4. The van der Waals surface area contributed by atoms with Gasteiger partial charge < -0.3 is 0 Å². The lowest BCUT2D eigenvalue weighted by molar-refractivity contribution is 0.104. The van der Waals surface area contributed by atoms with Gasteiger partial charge in [0, 0.05) is 5.56 Å². The number of carbonyl (C=O) groups is 1. The molecular weight excluding hydrogens is 220 g/mol. The van der Waals surface area contributed by atoms with Crippen LogP contribution in [0.4, 0.5) is 0 Å². The zero-order valence-corrected chi connectivity index (χ0v) is 9.83. The maximum Gasteiger partial charge on any atom is 0.206 e. The molecule has 0 bridgehead atoms. The van der Waals surface area contributed by atoms with Gasteiger partial charge in [0.15, 0.2) is 0 Å². The first kappa shape index (κ1) is 11.0. The van der Waals surface area contributed by atoms with Gasteiger partial charge in [0.2, 0.25) is 5.78 Å². The maximum atomic E-state index is 12.0. The van der Waals surface area contributed by atoms with Gasteiger partial charge in [-0.2, -0.15) is 0 Å². The molecule has 2 aromatic rings. The summed E-state index contributed by atoms with van der Waals surface area (Å²) in [5.74, 6) is 0.00736. The maximum absolute atomic E-state index is 12.0. The Morgan fingerprint density at radius 3 is 3.00 bits per heavy atom. The molecule has 0 aliphatic heterocycles. The number of nitrogens with zero attached hydrogens (tertiary/aromatic N) is 2. The SMILES string of the molecule is CCCc1cccc(C(=O)c2cnns2)c1. The van der Waals surface area contributed by atoms with Gasteiger partial charge in [0.05, 0.1) is 6.20 Å². The number of rotatable bonds is 4. The largest absolute Gasteiger partial charge is 0.288 e. The molecule has 0 aliphatic rings. The second kappa shape index (κ2) is 4.99. The molecule has 0 saturated carbocycles. The van der Waals surface area contributed by atoms with Gasteiger partial charge in [-0.15, -0.1) is 5.10 Å². The molecule has 0 unspecified atom stereocenters. The molecule has 4 heteroatoms. The highest BCUT2D eigenvalue weighted by molar-refractivity contribution is 7.08. The van der Waals surface area contributed by atoms with Gasteiger partial charge in [0.1, 0.15) is 4.88 Å². The van der Waals surface area contributed by atoms with Crippen molar-refractivity contribution < 1.29 is 4.79 Å². The summed E-state index contributed by atoms with van der Waals surface area (Å²) in [7, 11) is 0. The molecule has 0 fully saturated rings. The highest BCUT2D eigenvalue weighted by Crippen LogP contribution is 2.14. The van der Waals surface area contributed by atoms with E-state index in [0.29, 0.717) is 4.88 Å². The van der Waals surface area contributed by atoms with E-state index in [-0.39, 0.29) is 5.78 Å². The van der Waals surface area contributed by atoms with E-state index in [0.717, 1.165) is 29.9 Å². The number of hydrogen-bond donors (Lipinski definition) is 0. The molecule has 3 nitrogen and oxygen atoms in total. The summed E-state index contributed by atoms with van der Waals surface area (Å²) in [6, 6.07) is 7.75. The fraction of sp³-hybridized carbons (Fsp3) is 0.250. The Bertz CT molecular complexity index is 480. The minimum atomic E-state index is 0.00736. The van der Waals surface area contributed by atoms with Crippen molar-refractivity contribution in [2.75, 3.05) is 0 Å². The average Bonchev–Trinajstić information content (AvgIpc) is 2.82. The standard InChI is InChI=1S/C12H12N2OS/c1-2-4-9-5-3-6-10(7-9)12(15)11-8-13-14-16-11/h3,5-8H,2,4H2,1H3. The van der Waals surface area contributed by atoms with Crippen LogP contribution in [0.5, 0.6) is 0 Å². The lowest BCUT2D eigenvalue weighted by atomic mass is 10.0. The summed E-state index contributed by atoms with van der Waals surface area (Å²) in [4.78, 5) is 12.6. The van der Waals surface area contributed by atoms with Gasteiger partial charge in [-0.3, -0.25) is 4.79 Å². The predicted octanol–water partition coefficient (Wildman–Crippen LogP) is 2.72. The molecule has 1 heterocycles. The van der Waals surface area contributed by atoms with E-state index in [1.165, 1.54) is 11.8 Å². The van der Waals surface area contributed by atoms with E-state index >= 15 is 0 Å². The minimum Gasteiger partial charge on any atom is -0.288 e. The number of benzene rings is 1. The monoisotopic (exact) mass is 232 g/mol. The van der Waals surface area contributed by atoms with E-state index in [4.69, 9.17) is 0 Å². The van der Waals surface area contributed by atoms with E-state index < -0.39 is 0 Å². The third kappa shape index (κ3) is 2.33. The predicted molar refractivity (Wildman–Crippen MR) is 63.8 cm³/mol. The third-order valence-electron chi connectivity index (χ3n) is 2.31. The van der Waals surface area contributed by atoms with Crippen LogP contribution in [0, 0.1) is 0 Å².